The van der Waals surface area contributed by atoms with Crippen LogP contribution in [0.2, 0.25) is 0 Å². The SMILES string of the molecule is [2H]C1CC(Cc2nonc2C(Cc2ccc(F)c(Br)c2)=NO)CC([2H])S1(=O)=O. The van der Waals surface area contributed by atoms with E-state index in [1.54, 1.807) is 12.1 Å². The topological polar surface area (TPSA) is 106 Å². The summed E-state index contributed by atoms with van der Waals surface area (Å²) in [5.41, 5.74) is -1.31. The zero-order chi connectivity index (χ0) is 20.5. The fourth-order valence-corrected chi connectivity index (χ4v) is 4.36. The number of hydrogen-bond donors (Lipinski definition) is 1. The molecule has 3 rings (SSSR count). The van der Waals surface area contributed by atoms with Gasteiger partial charge in [-0.2, -0.15) is 0 Å². The van der Waals surface area contributed by atoms with Gasteiger partial charge in [0.15, 0.2) is 5.69 Å². The summed E-state index contributed by atoms with van der Waals surface area (Å²) >= 11 is 3.10. The normalized spacial score (nSPS) is 27.0. The maximum atomic E-state index is 13.4. The van der Waals surface area contributed by atoms with Gasteiger partial charge >= 0.3 is 0 Å². The van der Waals surface area contributed by atoms with Crippen molar-refractivity contribution in [3.63, 3.8) is 0 Å². The van der Waals surface area contributed by atoms with Crippen molar-refractivity contribution in [2.75, 3.05) is 11.5 Å². The predicted octanol–water partition coefficient (Wildman–Crippen LogP) is 2.76. The monoisotopic (exact) mass is 447 g/mol. The van der Waals surface area contributed by atoms with E-state index in [0.717, 1.165) is 0 Å². The Morgan fingerprint density at radius 1 is 1.42 bits per heavy atom. The van der Waals surface area contributed by atoms with E-state index in [1.807, 2.05) is 0 Å². The standard InChI is InChI=1S/C16H17BrFN3O4S/c17-12-7-11(1-2-13(12)18)9-14(19-22)16-15(20-25-21-16)8-10-3-5-26(23,24)6-4-10/h1-2,7,10,22H,3-6,8-9H2/i5D,6D. The lowest BCUT2D eigenvalue weighted by Crippen LogP contribution is -2.25. The van der Waals surface area contributed by atoms with E-state index in [0.29, 0.717) is 11.3 Å². The molecule has 2 atom stereocenters. The molecule has 0 saturated carbocycles. The van der Waals surface area contributed by atoms with Crippen LogP contribution in [0.1, 0.15) is 32.5 Å². The van der Waals surface area contributed by atoms with Crippen molar-refractivity contribution in [3.05, 3.63) is 45.4 Å². The molecule has 0 spiro atoms. The third-order valence-corrected chi connectivity index (χ3v) is 6.03. The van der Waals surface area contributed by atoms with Gasteiger partial charge < -0.3 is 5.21 Å². The van der Waals surface area contributed by atoms with Crippen LogP contribution in [0.4, 0.5) is 4.39 Å². The molecule has 26 heavy (non-hydrogen) atoms. The Bertz CT molecular complexity index is 984. The quantitative estimate of drug-likeness (QED) is 0.429. The number of aromatic nitrogens is 2. The Hall–Kier alpha value is -1.81. The molecule has 140 valence electrons. The van der Waals surface area contributed by atoms with Gasteiger partial charge in [0.25, 0.3) is 0 Å². The minimum absolute atomic E-state index is 0.0839. The molecule has 1 aliphatic heterocycles. The fourth-order valence-electron chi connectivity index (χ4n) is 2.71. The highest BCUT2D eigenvalue weighted by Gasteiger charge is 2.27. The van der Waals surface area contributed by atoms with Gasteiger partial charge in [0, 0.05) is 9.16 Å². The Balaban J connectivity index is 1.78. The number of oxime groups is 1. The lowest BCUT2D eigenvalue weighted by Gasteiger charge is -2.20. The average Bonchev–Trinajstić information content (AvgIpc) is 3.09. The molecule has 1 aromatic heterocycles. The Morgan fingerprint density at radius 2 is 2.15 bits per heavy atom. The summed E-state index contributed by atoms with van der Waals surface area (Å²) in [5.74, 6) is -0.684. The van der Waals surface area contributed by atoms with Gasteiger partial charge in [-0.3, -0.25) is 0 Å². The highest BCUT2D eigenvalue weighted by molar-refractivity contribution is 9.10. The summed E-state index contributed by atoms with van der Waals surface area (Å²) < 4.78 is 57.6. The molecule has 10 heteroatoms. The number of rotatable bonds is 5. The molecule has 0 radical (unpaired) electrons. The van der Waals surface area contributed by atoms with Crippen molar-refractivity contribution in [2.45, 2.75) is 25.7 Å². The molecular weight excluding hydrogens is 429 g/mol. The van der Waals surface area contributed by atoms with Crippen LogP contribution >= 0.6 is 15.9 Å². The van der Waals surface area contributed by atoms with Crippen LogP contribution in [0, 0.1) is 11.7 Å². The number of nitrogens with zero attached hydrogens (tertiary/aromatic N) is 3. The van der Waals surface area contributed by atoms with Gasteiger partial charge in [-0.1, -0.05) is 16.4 Å². The number of halogens is 2. The summed E-state index contributed by atoms with van der Waals surface area (Å²) in [4.78, 5) is 0. The van der Waals surface area contributed by atoms with Gasteiger partial charge in [0.2, 0.25) is 0 Å². The van der Waals surface area contributed by atoms with Crippen molar-refractivity contribution in [1.82, 2.24) is 10.3 Å². The highest BCUT2D eigenvalue weighted by Crippen LogP contribution is 2.24. The smallest absolute Gasteiger partial charge is 0.156 e. The lowest BCUT2D eigenvalue weighted by molar-refractivity contribution is 0.298. The number of benzene rings is 1. The molecule has 1 saturated heterocycles. The molecule has 2 unspecified atom stereocenters. The molecule has 1 N–H and O–H groups in total. The summed E-state index contributed by atoms with van der Waals surface area (Å²) in [6.45, 7) is 0. The van der Waals surface area contributed by atoms with E-state index in [2.05, 4.69) is 31.4 Å². The van der Waals surface area contributed by atoms with E-state index in [9.17, 15) is 18.0 Å². The molecule has 1 aromatic carbocycles. The Kier molecular flexibility index (Phi) is 4.93. The van der Waals surface area contributed by atoms with Gasteiger partial charge in [0.1, 0.15) is 27.1 Å². The van der Waals surface area contributed by atoms with Crippen LogP contribution in [0.5, 0.6) is 0 Å². The van der Waals surface area contributed by atoms with Crippen LogP contribution in [0.25, 0.3) is 0 Å². The first-order valence-electron chi connectivity index (χ1n) is 8.91. The van der Waals surface area contributed by atoms with Crippen molar-refractivity contribution >= 4 is 31.5 Å². The molecule has 0 amide bonds. The van der Waals surface area contributed by atoms with Crippen LogP contribution < -0.4 is 0 Å². The fraction of sp³-hybridized carbons (Fsp3) is 0.438. The predicted molar refractivity (Wildman–Crippen MR) is 95.5 cm³/mol. The van der Waals surface area contributed by atoms with Crippen LogP contribution in [-0.4, -0.2) is 41.1 Å². The second kappa shape index (κ2) is 7.83. The first-order valence-corrected chi connectivity index (χ1v) is 10.2. The van der Waals surface area contributed by atoms with E-state index in [-0.39, 0.29) is 47.5 Å². The van der Waals surface area contributed by atoms with Crippen LogP contribution in [-0.2, 0) is 22.7 Å². The van der Waals surface area contributed by atoms with E-state index < -0.39 is 27.1 Å². The van der Waals surface area contributed by atoms with Crippen molar-refractivity contribution in [2.24, 2.45) is 11.1 Å². The van der Waals surface area contributed by atoms with Gasteiger partial charge in [0.05, 0.1) is 15.9 Å². The summed E-state index contributed by atoms with van der Waals surface area (Å²) in [6, 6.07) is 4.37. The molecule has 7 nitrogen and oxygen atoms in total. The van der Waals surface area contributed by atoms with Crippen molar-refractivity contribution in [3.8, 4) is 0 Å². The number of hydrogen-bond acceptors (Lipinski definition) is 7. The maximum Gasteiger partial charge on any atom is 0.156 e. The summed E-state index contributed by atoms with van der Waals surface area (Å²) in [5, 5.41) is 20.3. The Morgan fingerprint density at radius 3 is 2.81 bits per heavy atom. The summed E-state index contributed by atoms with van der Waals surface area (Å²) in [6.07, 6.45) is 0.546. The minimum Gasteiger partial charge on any atom is -0.411 e. The highest BCUT2D eigenvalue weighted by atomic mass is 79.9. The second-order valence-corrected chi connectivity index (χ2v) is 8.69. The molecule has 2 aromatic rings. The van der Waals surface area contributed by atoms with E-state index >= 15 is 0 Å². The molecule has 1 aliphatic rings. The zero-order valence-corrected chi connectivity index (χ0v) is 15.9. The van der Waals surface area contributed by atoms with E-state index in [4.69, 9.17) is 7.37 Å². The zero-order valence-electron chi connectivity index (χ0n) is 15.5. The van der Waals surface area contributed by atoms with Gasteiger partial charge in [-0.15, -0.1) is 0 Å². The maximum absolute atomic E-state index is 13.4. The second-order valence-electron chi connectivity index (χ2n) is 6.00. The molecular formula is C16H17BrFN3O4S. The first kappa shape index (κ1) is 16.4. The third-order valence-electron chi connectivity index (χ3n) is 4.11. The molecule has 0 bridgehead atoms. The van der Waals surface area contributed by atoms with Gasteiger partial charge in [-0.25, -0.2) is 17.4 Å². The van der Waals surface area contributed by atoms with Crippen LogP contribution in [0.15, 0.2) is 32.5 Å². The van der Waals surface area contributed by atoms with E-state index in [1.165, 1.54) is 6.07 Å². The minimum atomic E-state index is -3.76. The summed E-state index contributed by atoms with van der Waals surface area (Å²) in [7, 11) is -3.76. The van der Waals surface area contributed by atoms with Crippen molar-refractivity contribution < 1.29 is 25.4 Å². The molecule has 2 heterocycles. The average molecular weight is 448 g/mol. The Labute approximate surface area is 161 Å². The van der Waals surface area contributed by atoms with Crippen molar-refractivity contribution in [1.29, 1.82) is 0 Å². The van der Waals surface area contributed by atoms with Gasteiger partial charge in [-0.05, 0) is 64.0 Å². The van der Waals surface area contributed by atoms with Crippen LogP contribution in [0.3, 0.4) is 0 Å². The molecule has 0 aliphatic carbocycles. The largest absolute Gasteiger partial charge is 0.411 e. The third kappa shape index (κ3) is 4.47. The molecule has 1 fully saturated rings. The lowest BCUT2D eigenvalue weighted by atomic mass is 9.94. The first-order chi connectivity index (χ1) is 13.2. The number of sulfone groups is 1.